The molecule has 0 aliphatic heterocycles. The van der Waals surface area contributed by atoms with Crippen LogP contribution in [0, 0.1) is 5.92 Å². The Kier molecular flexibility index (Phi) is 6.33. The molecule has 1 saturated carbocycles. The minimum absolute atomic E-state index is 0.0666. The summed E-state index contributed by atoms with van der Waals surface area (Å²) < 4.78 is 40.2. The number of hydrogen-bond donors (Lipinski definition) is 2. The zero-order valence-corrected chi connectivity index (χ0v) is 14.3. The van der Waals surface area contributed by atoms with Crippen LogP contribution in [0.3, 0.4) is 0 Å². The molecular weight excluding hydrogens is 353 g/mol. The molecule has 2 N–H and O–H groups in total. The third kappa shape index (κ3) is 6.12. The van der Waals surface area contributed by atoms with Gasteiger partial charge in [0, 0.05) is 19.6 Å². The largest absolute Gasteiger partial charge is 0.573 e. The van der Waals surface area contributed by atoms with Crippen molar-refractivity contribution in [2.75, 3.05) is 7.05 Å². The monoisotopic (exact) mass is 374 g/mol. The molecule has 1 aromatic rings. The number of halogens is 3. The molecule has 0 bridgehead atoms. The molecule has 26 heavy (non-hydrogen) atoms. The Morgan fingerprint density at radius 1 is 1.19 bits per heavy atom. The Bertz CT molecular complexity index is 626. The van der Waals surface area contributed by atoms with Gasteiger partial charge in [-0.1, -0.05) is 12.1 Å². The van der Waals surface area contributed by atoms with Gasteiger partial charge in [-0.2, -0.15) is 0 Å². The lowest BCUT2D eigenvalue weighted by molar-refractivity contribution is -0.274. The van der Waals surface area contributed by atoms with Crippen LogP contribution in [-0.2, 0) is 11.3 Å². The van der Waals surface area contributed by atoms with E-state index in [9.17, 15) is 22.8 Å². The summed E-state index contributed by atoms with van der Waals surface area (Å²) in [6.07, 6.45) is -2.45. The van der Waals surface area contributed by atoms with Crippen LogP contribution in [-0.4, -0.2) is 41.5 Å². The average molecular weight is 374 g/mol. The summed E-state index contributed by atoms with van der Waals surface area (Å²) in [5.74, 6) is -1.47. The number of carboxylic acids is 1. The third-order valence-electron chi connectivity index (χ3n) is 4.33. The molecule has 0 heterocycles. The van der Waals surface area contributed by atoms with E-state index in [4.69, 9.17) is 5.11 Å². The van der Waals surface area contributed by atoms with Crippen LogP contribution in [0.5, 0.6) is 5.75 Å². The van der Waals surface area contributed by atoms with E-state index in [-0.39, 0.29) is 30.3 Å². The zero-order valence-electron chi connectivity index (χ0n) is 14.3. The molecule has 1 aliphatic carbocycles. The maximum Gasteiger partial charge on any atom is 0.573 e. The second kappa shape index (κ2) is 8.29. The van der Waals surface area contributed by atoms with E-state index in [2.05, 4.69) is 10.1 Å². The fraction of sp³-hybridized carbons (Fsp3) is 0.529. The molecule has 2 amide bonds. The van der Waals surface area contributed by atoms with Crippen molar-refractivity contribution in [2.45, 2.75) is 44.6 Å². The van der Waals surface area contributed by atoms with Gasteiger partial charge in [0.25, 0.3) is 0 Å². The van der Waals surface area contributed by atoms with Crippen molar-refractivity contribution in [1.29, 1.82) is 0 Å². The second-order valence-corrected chi connectivity index (χ2v) is 6.38. The Morgan fingerprint density at radius 3 is 2.27 bits per heavy atom. The van der Waals surface area contributed by atoms with Gasteiger partial charge in [0.2, 0.25) is 0 Å². The van der Waals surface area contributed by atoms with Gasteiger partial charge < -0.3 is 20.1 Å². The number of amides is 2. The number of carbonyl (C=O) groups excluding carboxylic acids is 1. The number of carbonyl (C=O) groups is 2. The van der Waals surface area contributed by atoms with E-state index >= 15 is 0 Å². The summed E-state index contributed by atoms with van der Waals surface area (Å²) >= 11 is 0. The highest BCUT2D eigenvalue weighted by Gasteiger charge is 2.31. The van der Waals surface area contributed by atoms with Gasteiger partial charge >= 0.3 is 18.4 Å². The predicted molar refractivity (Wildman–Crippen MR) is 86.5 cm³/mol. The van der Waals surface area contributed by atoms with Crippen molar-refractivity contribution in [3.8, 4) is 5.75 Å². The summed E-state index contributed by atoms with van der Waals surface area (Å²) in [6, 6.07) is 4.94. The van der Waals surface area contributed by atoms with Gasteiger partial charge in [0.15, 0.2) is 0 Å². The van der Waals surface area contributed by atoms with E-state index in [1.165, 1.54) is 29.2 Å². The highest BCUT2D eigenvalue weighted by molar-refractivity contribution is 5.74. The minimum Gasteiger partial charge on any atom is -0.481 e. The molecule has 1 aliphatic rings. The first-order chi connectivity index (χ1) is 12.1. The van der Waals surface area contributed by atoms with Crippen molar-refractivity contribution in [3.63, 3.8) is 0 Å². The topological polar surface area (TPSA) is 78.9 Å². The van der Waals surface area contributed by atoms with E-state index < -0.39 is 12.3 Å². The standard InChI is InChI=1S/C17H21F3N2O4/c1-22(10-11-2-8-14(9-3-11)26-17(18,19)20)16(25)21-13-6-4-12(5-7-13)15(23)24/h2-3,8-9,12-13H,4-7,10H2,1H3,(H,21,25)(H,23,24). The molecule has 0 unspecified atom stereocenters. The summed E-state index contributed by atoms with van der Waals surface area (Å²) in [5, 5.41) is 11.8. The van der Waals surface area contributed by atoms with Crippen molar-refractivity contribution < 1.29 is 32.6 Å². The van der Waals surface area contributed by atoms with E-state index in [1.807, 2.05) is 0 Å². The van der Waals surface area contributed by atoms with Gasteiger partial charge in [-0.05, 0) is 43.4 Å². The number of rotatable bonds is 5. The van der Waals surface area contributed by atoms with Gasteiger partial charge in [-0.3, -0.25) is 4.79 Å². The van der Waals surface area contributed by atoms with Crippen LogP contribution >= 0.6 is 0 Å². The lowest BCUT2D eigenvalue weighted by atomic mass is 9.86. The molecule has 0 saturated heterocycles. The summed E-state index contributed by atoms with van der Waals surface area (Å²) in [5.41, 5.74) is 0.659. The Morgan fingerprint density at radius 2 is 1.77 bits per heavy atom. The number of hydrogen-bond acceptors (Lipinski definition) is 3. The number of nitrogens with zero attached hydrogens (tertiary/aromatic N) is 1. The van der Waals surface area contributed by atoms with E-state index in [0.717, 1.165) is 0 Å². The molecule has 1 fully saturated rings. The first-order valence-corrected chi connectivity index (χ1v) is 8.23. The smallest absolute Gasteiger partial charge is 0.481 e. The zero-order chi connectivity index (χ0) is 19.3. The fourth-order valence-corrected chi connectivity index (χ4v) is 2.91. The molecule has 0 aromatic heterocycles. The number of ether oxygens (including phenoxy) is 1. The first kappa shape index (κ1) is 19.9. The Hall–Kier alpha value is -2.45. The van der Waals surface area contributed by atoms with Crippen LogP contribution < -0.4 is 10.1 Å². The number of nitrogens with one attached hydrogen (secondary N) is 1. The normalized spacial score (nSPS) is 20.3. The highest BCUT2D eigenvalue weighted by Crippen LogP contribution is 2.25. The molecule has 1 aromatic carbocycles. The quantitative estimate of drug-likeness (QED) is 0.828. The van der Waals surface area contributed by atoms with Gasteiger partial charge in [0.1, 0.15) is 5.75 Å². The summed E-state index contributed by atoms with van der Waals surface area (Å²) in [4.78, 5) is 24.6. The second-order valence-electron chi connectivity index (χ2n) is 6.38. The maximum atomic E-state index is 12.2. The lowest BCUT2D eigenvalue weighted by Gasteiger charge is -2.28. The Balaban J connectivity index is 1.81. The predicted octanol–water partition coefficient (Wildman–Crippen LogP) is 3.37. The maximum absolute atomic E-state index is 12.2. The summed E-state index contributed by atoms with van der Waals surface area (Å²) in [6.45, 7) is 0.225. The van der Waals surface area contributed by atoms with Crippen LogP contribution in [0.2, 0.25) is 0 Å². The SMILES string of the molecule is CN(Cc1ccc(OC(F)(F)F)cc1)C(=O)NC1CCC(C(=O)O)CC1. The number of urea groups is 1. The first-order valence-electron chi connectivity index (χ1n) is 8.23. The van der Waals surface area contributed by atoms with Crippen molar-refractivity contribution in [3.05, 3.63) is 29.8 Å². The molecule has 9 heteroatoms. The van der Waals surface area contributed by atoms with Crippen LogP contribution in [0.1, 0.15) is 31.2 Å². The minimum atomic E-state index is -4.74. The molecule has 2 rings (SSSR count). The molecule has 0 atom stereocenters. The lowest BCUT2D eigenvalue weighted by Crippen LogP contribution is -2.44. The molecule has 0 spiro atoms. The number of carboxylic acid groups (broad SMARTS) is 1. The van der Waals surface area contributed by atoms with Gasteiger partial charge in [-0.15, -0.1) is 13.2 Å². The van der Waals surface area contributed by atoms with Gasteiger partial charge in [0.05, 0.1) is 5.92 Å². The molecule has 144 valence electrons. The highest BCUT2D eigenvalue weighted by atomic mass is 19.4. The van der Waals surface area contributed by atoms with Gasteiger partial charge in [-0.25, -0.2) is 4.79 Å². The third-order valence-corrected chi connectivity index (χ3v) is 4.33. The number of aliphatic carboxylic acids is 1. The Labute approximate surface area is 148 Å². The van der Waals surface area contributed by atoms with Crippen LogP contribution in [0.4, 0.5) is 18.0 Å². The fourth-order valence-electron chi connectivity index (χ4n) is 2.91. The van der Waals surface area contributed by atoms with E-state index in [1.54, 1.807) is 7.05 Å². The number of alkyl halides is 3. The molecule has 6 nitrogen and oxygen atoms in total. The van der Waals surface area contributed by atoms with Crippen LogP contribution in [0.15, 0.2) is 24.3 Å². The van der Waals surface area contributed by atoms with Crippen molar-refractivity contribution >= 4 is 12.0 Å². The number of benzene rings is 1. The van der Waals surface area contributed by atoms with E-state index in [0.29, 0.717) is 31.2 Å². The summed E-state index contributed by atoms with van der Waals surface area (Å²) in [7, 11) is 1.58. The van der Waals surface area contributed by atoms with Crippen molar-refractivity contribution in [1.82, 2.24) is 10.2 Å². The molecule has 0 radical (unpaired) electrons. The van der Waals surface area contributed by atoms with Crippen molar-refractivity contribution in [2.24, 2.45) is 5.92 Å². The van der Waals surface area contributed by atoms with Crippen LogP contribution in [0.25, 0.3) is 0 Å². The molecular formula is C17H21F3N2O4. The average Bonchev–Trinajstić information content (AvgIpc) is 2.55.